The second-order valence-electron chi connectivity index (χ2n) is 6.83. The third kappa shape index (κ3) is 9.43. The number of rotatable bonds is 11. The number of hydrogen-bond acceptors (Lipinski definition) is 6. The summed E-state index contributed by atoms with van der Waals surface area (Å²) in [4.78, 5) is 4.43. The second kappa shape index (κ2) is 14.1. The largest absolute Gasteiger partial charge is 0.383 e. The fourth-order valence-electron chi connectivity index (χ4n) is 2.76. The molecule has 0 aliphatic carbocycles. The third-order valence-corrected chi connectivity index (χ3v) is 5.80. The van der Waals surface area contributed by atoms with Crippen molar-refractivity contribution in [3.8, 4) is 0 Å². The molecule has 1 aromatic carbocycles. The van der Waals surface area contributed by atoms with Gasteiger partial charge in [0.05, 0.1) is 30.8 Å². The van der Waals surface area contributed by atoms with E-state index in [1.54, 1.807) is 25.2 Å². The van der Waals surface area contributed by atoms with Crippen LogP contribution >= 0.6 is 24.0 Å². The number of sulfonamides is 1. The Morgan fingerprint density at radius 3 is 2.87 bits per heavy atom. The Balaban J connectivity index is 0.00000450. The summed E-state index contributed by atoms with van der Waals surface area (Å²) in [6, 6.07) is 6.86. The SMILES string of the molecule is CN=C(NCc1cccc(S(=O)(=O)NCCOC)c1)NC(C)COC1CCOC1.I. The minimum atomic E-state index is -3.56. The smallest absolute Gasteiger partial charge is 0.240 e. The highest BCUT2D eigenvalue weighted by atomic mass is 127. The van der Waals surface area contributed by atoms with Gasteiger partial charge < -0.3 is 24.8 Å². The lowest BCUT2D eigenvalue weighted by Gasteiger charge is -2.20. The van der Waals surface area contributed by atoms with Gasteiger partial charge in [-0.05, 0) is 31.0 Å². The summed E-state index contributed by atoms with van der Waals surface area (Å²) in [5.41, 5.74) is 0.828. The molecule has 11 heteroatoms. The van der Waals surface area contributed by atoms with E-state index in [1.807, 2.05) is 13.0 Å². The van der Waals surface area contributed by atoms with Crippen LogP contribution in [-0.2, 0) is 30.8 Å². The van der Waals surface area contributed by atoms with E-state index in [4.69, 9.17) is 14.2 Å². The zero-order chi connectivity index (χ0) is 21.1. The summed E-state index contributed by atoms with van der Waals surface area (Å²) in [5.74, 6) is 0.621. The molecular formula is C19H33IN4O5S. The maximum Gasteiger partial charge on any atom is 0.240 e. The maximum atomic E-state index is 12.3. The molecule has 1 saturated heterocycles. The first-order valence-corrected chi connectivity index (χ1v) is 11.2. The molecule has 9 nitrogen and oxygen atoms in total. The molecule has 0 amide bonds. The summed E-state index contributed by atoms with van der Waals surface area (Å²) in [6.45, 7) is 4.96. The molecule has 1 aliphatic heterocycles. The lowest BCUT2D eigenvalue weighted by atomic mass is 10.2. The summed E-state index contributed by atoms with van der Waals surface area (Å²) in [6.07, 6.45) is 1.09. The highest BCUT2D eigenvalue weighted by Gasteiger charge is 2.17. The number of methoxy groups -OCH3 is 1. The van der Waals surface area contributed by atoms with E-state index in [2.05, 4.69) is 20.3 Å². The van der Waals surface area contributed by atoms with Gasteiger partial charge in [0.25, 0.3) is 0 Å². The summed E-state index contributed by atoms with van der Waals surface area (Å²) in [5, 5.41) is 6.47. The van der Waals surface area contributed by atoms with Gasteiger partial charge in [-0.2, -0.15) is 0 Å². The first-order valence-electron chi connectivity index (χ1n) is 9.68. The topological polar surface area (TPSA) is 110 Å². The minimum Gasteiger partial charge on any atom is -0.383 e. The second-order valence-corrected chi connectivity index (χ2v) is 8.60. The van der Waals surface area contributed by atoms with Crippen LogP contribution in [0.25, 0.3) is 0 Å². The Morgan fingerprint density at radius 2 is 2.20 bits per heavy atom. The van der Waals surface area contributed by atoms with Gasteiger partial charge in [0.2, 0.25) is 10.0 Å². The van der Waals surface area contributed by atoms with Crippen molar-refractivity contribution in [3.05, 3.63) is 29.8 Å². The fourth-order valence-corrected chi connectivity index (χ4v) is 3.85. The molecule has 1 fully saturated rings. The van der Waals surface area contributed by atoms with Crippen molar-refractivity contribution in [2.45, 2.75) is 36.9 Å². The molecule has 3 N–H and O–H groups in total. The van der Waals surface area contributed by atoms with Crippen LogP contribution in [-0.4, -0.2) is 73.7 Å². The number of hydrogen-bond donors (Lipinski definition) is 3. The van der Waals surface area contributed by atoms with Crippen molar-refractivity contribution in [3.63, 3.8) is 0 Å². The van der Waals surface area contributed by atoms with E-state index >= 15 is 0 Å². The standard InChI is InChI=1S/C19H32N4O5S.HI/c1-15(13-28-17-7-9-27-14-17)23-19(20-2)21-12-16-5-4-6-18(11-16)29(24,25)22-8-10-26-3;/h4-6,11,15,17,22H,7-10,12-14H2,1-3H3,(H2,20,21,23);1H. The van der Waals surface area contributed by atoms with E-state index in [0.29, 0.717) is 32.3 Å². The lowest BCUT2D eigenvalue weighted by Crippen LogP contribution is -2.44. The van der Waals surface area contributed by atoms with Gasteiger partial charge in [-0.1, -0.05) is 12.1 Å². The maximum absolute atomic E-state index is 12.3. The van der Waals surface area contributed by atoms with Gasteiger partial charge in [-0.25, -0.2) is 13.1 Å². The lowest BCUT2D eigenvalue weighted by molar-refractivity contribution is 0.0347. The Morgan fingerprint density at radius 1 is 1.40 bits per heavy atom. The van der Waals surface area contributed by atoms with E-state index in [9.17, 15) is 8.42 Å². The zero-order valence-corrected chi connectivity index (χ0v) is 20.9. The van der Waals surface area contributed by atoms with Crippen LogP contribution in [0, 0.1) is 0 Å². The van der Waals surface area contributed by atoms with Gasteiger partial charge in [0, 0.05) is 39.9 Å². The Labute approximate surface area is 196 Å². The van der Waals surface area contributed by atoms with Gasteiger partial charge in [-0.3, -0.25) is 4.99 Å². The summed E-state index contributed by atoms with van der Waals surface area (Å²) in [7, 11) is -0.350. The molecule has 0 radical (unpaired) electrons. The molecular weight excluding hydrogens is 523 g/mol. The van der Waals surface area contributed by atoms with E-state index in [0.717, 1.165) is 18.6 Å². The number of aliphatic imine (C=N–C) groups is 1. The van der Waals surface area contributed by atoms with Crippen LogP contribution in [0.5, 0.6) is 0 Å². The molecule has 0 saturated carbocycles. The molecule has 0 spiro atoms. The number of guanidine groups is 1. The molecule has 2 unspecified atom stereocenters. The quantitative estimate of drug-likeness (QED) is 0.162. The fraction of sp³-hybridized carbons (Fsp3) is 0.632. The Bertz CT molecular complexity index is 757. The number of ether oxygens (including phenoxy) is 3. The van der Waals surface area contributed by atoms with Gasteiger partial charge in [-0.15, -0.1) is 24.0 Å². The van der Waals surface area contributed by atoms with Crippen LogP contribution in [0.15, 0.2) is 34.2 Å². The Hall–Kier alpha value is -0.990. The molecule has 1 aliphatic rings. The van der Waals surface area contributed by atoms with Crippen molar-refractivity contribution < 1.29 is 22.6 Å². The number of nitrogens with one attached hydrogen (secondary N) is 3. The molecule has 2 rings (SSSR count). The zero-order valence-electron chi connectivity index (χ0n) is 17.7. The van der Waals surface area contributed by atoms with Crippen molar-refractivity contribution >= 4 is 40.0 Å². The molecule has 0 aromatic heterocycles. The first kappa shape index (κ1) is 27.0. The normalized spacial score (nSPS) is 18.0. The summed E-state index contributed by atoms with van der Waals surface area (Å²) >= 11 is 0. The molecule has 0 bridgehead atoms. The number of halogens is 1. The van der Waals surface area contributed by atoms with E-state index in [-0.39, 0.29) is 47.6 Å². The van der Waals surface area contributed by atoms with Crippen LogP contribution in [0.4, 0.5) is 0 Å². The first-order chi connectivity index (χ1) is 13.9. The molecule has 1 heterocycles. The average Bonchev–Trinajstić information content (AvgIpc) is 3.23. The average molecular weight is 556 g/mol. The van der Waals surface area contributed by atoms with Crippen molar-refractivity contribution in [1.82, 2.24) is 15.4 Å². The summed E-state index contributed by atoms with van der Waals surface area (Å²) < 4.78 is 43.2. The van der Waals surface area contributed by atoms with Crippen LogP contribution in [0.2, 0.25) is 0 Å². The van der Waals surface area contributed by atoms with Gasteiger partial charge >= 0.3 is 0 Å². The van der Waals surface area contributed by atoms with E-state index in [1.165, 1.54) is 7.11 Å². The predicted molar refractivity (Wildman–Crippen MR) is 127 cm³/mol. The van der Waals surface area contributed by atoms with Crippen molar-refractivity contribution in [1.29, 1.82) is 0 Å². The highest BCUT2D eigenvalue weighted by molar-refractivity contribution is 14.0. The van der Waals surface area contributed by atoms with E-state index < -0.39 is 10.0 Å². The predicted octanol–water partition coefficient (Wildman–Crippen LogP) is 1.09. The van der Waals surface area contributed by atoms with Crippen LogP contribution < -0.4 is 15.4 Å². The number of benzene rings is 1. The Kier molecular flexibility index (Phi) is 12.8. The van der Waals surface area contributed by atoms with Gasteiger partial charge in [0.15, 0.2) is 5.96 Å². The number of nitrogens with zero attached hydrogens (tertiary/aromatic N) is 1. The molecule has 172 valence electrons. The molecule has 30 heavy (non-hydrogen) atoms. The minimum absolute atomic E-state index is 0. The third-order valence-electron chi connectivity index (χ3n) is 4.34. The molecule has 1 aromatic rings. The highest BCUT2D eigenvalue weighted by Crippen LogP contribution is 2.11. The van der Waals surface area contributed by atoms with Crippen LogP contribution in [0.3, 0.4) is 0 Å². The van der Waals surface area contributed by atoms with Gasteiger partial charge in [0.1, 0.15) is 0 Å². The van der Waals surface area contributed by atoms with Crippen molar-refractivity contribution in [2.24, 2.45) is 4.99 Å². The van der Waals surface area contributed by atoms with Crippen LogP contribution in [0.1, 0.15) is 18.9 Å². The van der Waals surface area contributed by atoms with Crippen molar-refractivity contribution in [2.75, 3.05) is 47.1 Å². The monoisotopic (exact) mass is 556 g/mol. The molecule has 2 atom stereocenters.